The van der Waals surface area contributed by atoms with Gasteiger partial charge in [-0.3, -0.25) is 0 Å². The molecule has 0 aliphatic rings. The minimum atomic E-state index is -3.32. The Balaban J connectivity index is 0.000000370. The third-order valence-electron chi connectivity index (χ3n) is 4.60. The summed E-state index contributed by atoms with van der Waals surface area (Å²) in [6.45, 7) is -5.45. The second-order valence-electron chi connectivity index (χ2n) is 7.01. The summed E-state index contributed by atoms with van der Waals surface area (Å²) in [5, 5.41) is 0.519. The lowest BCUT2D eigenvalue weighted by Gasteiger charge is -2.18. The smallest absolute Gasteiger partial charge is 0.380 e. The van der Waals surface area contributed by atoms with Crippen molar-refractivity contribution in [2.75, 3.05) is 35.5 Å². The molecule has 0 saturated carbocycles. The maximum atomic E-state index is 11.2. The van der Waals surface area contributed by atoms with Gasteiger partial charge in [0, 0.05) is 66.9 Å². The number of hydrogen-bond acceptors (Lipinski definition) is 11. The van der Waals surface area contributed by atoms with E-state index < -0.39 is 23.5 Å². The molecule has 0 atom stereocenters. The molecule has 0 spiro atoms. The first kappa shape index (κ1) is 34.2. The molecule has 0 radical (unpaired) electrons. The lowest BCUT2D eigenvalue weighted by molar-refractivity contribution is 0.272. The highest BCUT2D eigenvalue weighted by Gasteiger charge is 2.19. The van der Waals surface area contributed by atoms with Crippen molar-refractivity contribution in [3.63, 3.8) is 0 Å². The van der Waals surface area contributed by atoms with Crippen LogP contribution >= 0.6 is 36.8 Å². The Morgan fingerprint density at radius 3 is 1.36 bits per heavy atom. The summed E-state index contributed by atoms with van der Waals surface area (Å²) in [5.41, 5.74) is 0. The van der Waals surface area contributed by atoms with Gasteiger partial charge in [0.2, 0.25) is 10.0 Å². The fourth-order valence-corrected chi connectivity index (χ4v) is 6.11. The van der Waals surface area contributed by atoms with Crippen molar-refractivity contribution >= 4 is 70.4 Å². The molecule has 0 unspecified atom stereocenters. The van der Waals surface area contributed by atoms with Crippen molar-refractivity contribution in [3.8, 4) is 11.5 Å². The SMILES string of the molecule is CNS(=O)(=O)c1ccc(Cl)cc1.COP(=S)(OC)Oc1ccc(Sc2ccc(OP(=S)(OC)OC)cc2)cc1. The molecule has 1 N–H and O–H groups in total. The van der Waals surface area contributed by atoms with Crippen molar-refractivity contribution in [2.24, 2.45) is 0 Å². The Morgan fingerprint density at radius 2 is 1.05 bits per heavy atom. The molecule has 3 aromatic rings. The Labute approximate surface area is 249 Å². The zero-order valence-corrected chi connectivity index (χ0v) is 27.4. The first-order valence-corrected chi connectivity index (χ1v) is 18.6. The van der Waals surface area contributed by atoms with E-state index in [2.05, 4.69) is 4.72 Å². The highest BCUT2D eigenvalue weighted by atomic mass is 35.5. The highest BCUT2D eigenvalue weighted by Crippen LogP contribution is 2.49. The second-order valence-corrected chi connectivity index (χ2v) is 16.8. The largest absolute Gasteiger partial charge is 0.424 e. The van der Waals surface area contributed by atoms with Gasteiger partial charge in [-0.15, -0.1) is 0 Å². The number of rotatable bonds is 12. The van der Waals surface area contributed by atoms with Crippen LogP contribution in [0.25, 0.3) is 0 Å². The van der Waals surface area contributed by atoms with Gasteiger partial charge in [-0.05, 0) is 79.8 Å². The van der Waals surface area contributed by atoms with E-state index in [1.165, 1.54) is 59.8 Å². The number of sulfonamides is 1. The minimum Gasteiger partial charge on any atom is -0.424 e. The van der Waals surface area contributed by atoms with Crippen molar-refractivity contribution in [1.29, 1.82) is 0 Å². The summed E-state index contributed by atoms with van der Waals surface area (Å²) in [6.07, 6.45) is 0. The molecular formula is C23H28ClNO8P2S4. The first-order valence-electron chi connectivity index (χ1n) is 10.8. The zero-order chi connectivity index (χ0) is 29.1. The maximum Gasteiger partial charge on any atom is 0.380 e. The molecule has 9 nitrogen and oxygen atoms in total. The summed E-state index contributed by atoms with van der Waals surface area (Å²) in [4.78, 5) is 2.30. The van der Waals surface area contributed by atoms with Crippen molar-refractivity contribution in [3.05, 3.63) is 77.8 Å². The lowest BCUT2D eigenvalue weighted by atomic mass is 10.3. The van der Waals surface area contributed by atoms with Crippen LogP contribution < -0.4 is 13.8 Å². The molecule has 0 saturated heterocycles. The van der Waals surface area contributed by atoms with Crippen LogP contribution in [0.15, 0.2) is 87.5 Å². The van der Waals surface area contributed by atoms with Crippen LogP contribution in [0.2, 0.25) is 5.02 Å². The lowest BCUT2D eigenvalue weighted by Crippen LogP contribution is -2.18. The highest BCUT2D eigenvalue weighted by molar-refractivity contribution is 8.08. The molecule has 16 heteroatoms. The summed E-state index contributed by atoms with van der Waals surface area (Å²) >= 11 is 17.6. The molecule has 0 aliphatic heterocycles. The Kier molecular flexibility index (Phi) is 13.8. The van der Waals surface area contributed by atoms with Crippen LogP contribution in [-0.2, 0) is 51.7 Å². The quantitative estimate of drug-likeness (QED) is 0.204. The van der Waals surface area contributed by atoms with E-state index in [9.17, 15) is 8.42 Å². The van der Waals surface area contributed by atoms with Gasteiger partial charge in [-0.1, -0.05) is 23.4 Å². The van der Waals surface area contributed by atoms with E-state index in [1.54, 1.807) is 11.8 Å². The van der Waals surface area contributed by atoms with Gasteiger partial charge in [0.25, 0.3) is 0 Å². The number of nitrogens with one attached hydrogen (secondary N) is 1. The van der Waals surface area contributed by atoms with Crippen molar-refractivity contribution in [1.82, 2.24) is 4.72 Å². The van der Waals surface area contributed by atoms with Crippen LogP contribution in [-0.4, -0.2) is 43.9 Å². The maximum absolute atomic E-state index is 11.2. The van der Waals surface area contributed by atoms with E-state index in [4.69, 9.17) is 62.4 Å². The summed E-state index contributed by atoms with van der Waals surface area (Å²) in [6, 6.07) is 21.0. The molecule has 0 aliphatic carbocycles. The van der Waals surface area contributed by atoms with E-state index >= 15 is 0 Å². The molecule has 0 aromatic heterocycles. The van der Waals surface area contributed by atoms with Gasteiger partial charge < -0.3 is 27.1 Å². The van der Waals surface area contributed by atoms with E-state index in [1.807, 2.05) is 48.5 Å². The van der Waals surface area contributed by atoms with Gasteiger partial charge >= 0.3 is 13.4 Å². The van der Waals surface area contributed by atoms with Gasteiger partial charge in [0.15, 0.2) is 0 Å². The van der Waals surface area contributed by atoms with Gasteiger partial charge in [-0.25, -0.2) is 13.1 Å². The molecule has 3 rings (SSSR count). The number of hydrogen-bond donors (Lipinski definition) is 1. The van der Waals surface area contributed by atoms with E-state index in [0.717, 1.165) is 9.79 Å². The number of benzene rings is 3. The summed E-state index contributed by atoms with van der Waals surface area (Å²) < 4.78 is 56.2. The monoisotopic (exact) mass is 671 g/mol. The Hall–Kier alpha value is -1.05. The van der Waals surface area contributed by atoms with Crippen molar-refractivity contribution in [2.45, 2.75) is 14.7 Å². The predicted octanol–water partition coefficient (Wildman–Crippen LogP) is 6.88. The normalized spacial score (nSPS) is 11.8. The van der Waals surface area contributed by atoms with Crippen LogP contribution in [0.4, 0.5) is 0 Å². The predicted molar refractivity (Wildman–Crippen MR) is 163 cm³/mol. The molecule has 0 fully saturated rings. The average molecular weight is 672 g/mol. The summed E-state index contributed by atoms with van der Waals surface area (Å²) in [5.74, 6) is 1.19. The van der Waals surface area contributed by atoms with Gasteiger partial charge in [-0.2, -0.15) is 0 Å². The fraction of sp³-hybridized carbons (Fsp3) is 0.217. The van der Waals surface area contributed by atoms with Crippen LogP contribution in [0, 0.1) is 0 Å². The standard InChI is InChI=1S/C16H20O6P2S3.C7H8ClNO2S/c1-17-23(25,18-2)21-13-5-9-15(10-6-13)27-16-11-7-14(8-12-16)22-24(26,19-3)20-4;1-9-12(10,11)7-4-2-6(8)3-5-7/h5-12H,1-4H3;2-5,9H,1H3. The average Bonchev–Trinajstić information content (AvgIpc) is 2.95. The second kappa shape index (κ2) is 15.8. The summed E-state index contributed by atoms with van der Waals surface area (Å²) in [7, 11) is 3.93. The molecule has 0 bridgehead atoms. The van der Waals surface area contributed by atoms with Crippen LogP contribution in [0.5, 0.6) is 11.5 Å². The Bertz CT molecular complexity index is 1310. The molecule has 3 aromatic carbocycles. The molecule has 39 heavy (non-hydrogen) atoms. The van der Waals surface area contributed by atoms with Gasteiger partial charge in [0.05, 0.1) is 4.90 Å². The fourth-order valence-electron chi connectivity index (χ4n) is 2.56. The van der Waals surface area contributed by atoms with Crippen LogP contribution in [0.3, 0.4) is 0 Å². The Morgan fingerprint density at radius 1 is 0.692 bits per heavy atom. The van der Waals surface area contributed by atoms with E-state index in [0.29, 0.717) is 16.5 Å². The zero-order valence-electron chi connectivity index (χ0n) is 21.6. The van der Waals surface area contributed by atoms with Crippen molar-refractivity contribution < 1.29 is 35.6 Å². The molecule has 0 amide bonds. The van der Waals surface area contributed by atoms with Crippen LogP contribution in [0.1, 0.15) is 0 Å². The third kappa shape index (κ3) is 11.0. The molecular weight excluding hydrogens is 644 g/mol. The third-order valence-corrected chi connectivity index (χ3v) is 12.2. The topological polar surface area (TPSA) is 102 Å². The van der Waals surface area contributed by atoms with E-state index in [-0.39, 0.29) is 4.90 Å². The first-order chi connectivity index (χ1) is 18.4. The van der Waals surface area contributed by atoms with Gasteiger partial charge in [0.1, 0.15) is 11.5 Å². The number of halogens is 1. The molecule has 0 heterocycles. The molecule has 214 valence electrons. The minimum absolute atomic E-state index is 0.217.